The average Bonchev–Trinajstić information content (AvgIpc) is 2.82. The van der Waals surface area contributed by atoms with E-state index in [1.54, 1.807) is 25.3 Å². The molecule has 2 rings (SSSR count). The van der Waals surface area contributed by atoms with E-state index in [1.807, 2.05) is 13.8 Å². The Morgan fingerprint density at radius 1 is 1.19 bits per heavy atom. The molecule has 0 aliphatic rings. The smallest absolute Gasteiger partial charge is 0.422 e. The molecule has 37 heavy (non-hydrogen) atoms. The molecule has 0 radical (unpaired) electrons. The summed E-state index contributed by atoms with van der Waals surface area (Å²) in [6.07, 6.45) is 0.182. The van der Waals surface area contributed by atoms with Crippen LogP contribution in [0.5, 0.6) is 17.4 Å². The summed E-state index contributed by atoms with van der Waals surface area (Å²) >= 11 is 12.1. The van der Waals surface area contributed by atoms with Crippen molar-refractivity contribution in [2.75, 3.05) is 40.0 Å². The number of nitrogens with one attached hydrogen (secondary N) is 1. The molecule has 1 amide bonds. The molecule has 1 aromatic carbocycles. The van der Waals surface area contributed by atoms with Crippen molar-refractivity contribution in [3.05, 3.63) is 46.1 Å². The molecule has 2 N–H and O–H groups in total. The van der Waals surface area contributed by atoms with Gasteiger partial charge in [0.15, 0.2) is 0 Å². The van der Waals surface area contributed by atoms with Crippen molar-refractivity contribution in [2.45, 2.75) is 32.8 Å². The maximum atomic E-state index is 12.5. The van der Waals surface area contributed by atoms with Crippen LogP contribution < -0.4 is 14.2 Å². The Labute approximate surface area is 226 Å². The Hall–Kier alpha value is -2.35. The lowest BCUT2D eigenvalue weighted by atomic mass is 10.1. The van der Waals surface area contributed by atoms with Gasteiger partial charge in [0, 0.05) is 32.5 Å². The predicted molar refractivity (Wildman–Crippen MR) is 139 cm³/mol. The van der Waals surface area contributed by atoms with Crippen molar-refractivity contribution < 1.29 is 37.3 Å². The largest absolute Gasteiger partial charge is 0.491 e. The average molecular weight is 580 g/mol. The van der Waals surface area contributed by atoms with Crippen LogP contribution in [0, 0.1) is 0 Å². The molecular formula is C23H31Cl2N3O8S. The normalized spacial score (nSPS) is 11.5. The summed E-state index contributed by atoms with van der Waals surface area (Å²) in [5, 5.41) is 10.0. The Morgan fingerprint density at radius 2 is 1.95 bits per heavy atom. The van der Waals surface area contributed by atoms with Gasteiger partial charge in [-0.3, -0.25) is 0 Å². The first-order chi connectivity index (χ1) is 17.5. The van der Waals surface area contributed by atoms with Gasteiger partial charge in [0.25, 0.3) is 0 Å². The highest BCUT2D eigenvalue weighted by Crippen LogP contribution is 2.34. The first kappa shape index (κ1) is 30.9. The van der Waals surface area contributed by atoms with Gasteiger partial charge in [-0.2, -0.15) is 17.4 Å². The Morgan fingerprint density at radius 3 is 2.59 bits per heavy atom. The molecule has 0 saturated carbocycles. The summed E-state index contributed by atoms with van der Waals surface area (Å²) in [6.45, 7) is 4.11. The van der Waals surface area contributed by atoms with E-state index in [1.165, 1.54) is 12.3 Å². The number of benzene rings is 1. The molecule has 0 bridgehead atoms. The van der Waals surface area contributed by atoms with E-state index in [-0.39, 0.29) is 49.5 Å². The van der Waals surface area contributed by atoms with E-state index in [2.05, 4.69) is 9.71 Å². The zero-order valence-corrected chi connectivity index (χ0v) is 23.1. The molecule has 0 aliphatic carbocycles. The summed E-state index contributed by atoms with van der Waals surface area (Å²) in [7, 11) is -2.70. The van der Waals surface area contributed by atoms with Gasteiger partial charge in [-0.15, -0.1) is 0 Å². The minimum absolute atomic E-state index is 0.0539. The lowest BCUT2D eigenvalue weighted by molar-refractivity contribution is 0.0831. The van der Waals surface area contributed by atoms with Crippen LogP contribution in [0.25, 0.3) is 0 Å². The number of aryl methyl sites for hydroxylation is 1. The van der Waals surface area contributed by atoms with Crippen LogP contribution in [-0.4, -0.2) is 75.0 Å². The van der Waals surface area contributed by atoms with Gasteiger partial charge in [-0.1, -0.05) is 29.3 Å². The van der Waals surface area contributed by atoms with Crippen LogP contribution in [0.4, 0.5) is 4.79 Å². The number of carbonyl (C=O) groups is 1. The number of pyridine rings is 1. The molecule has 1 heterocycles. The standard InChI is InChI=1S/C23H31Cl2N3O8S/c1-16(2)34-10-8-27-37(31,32)28(23(29)30)9-4-5-17-6-7-19(35-12-11-33-3)14-21(17)36-22-20(25)13-18(24)15-26-22/h6-7,13-16,27H,4-5,8-12H2,1-3H3,(H,29,30). The molecule has 11 nitrogen and oxygen atoms in total. The first-order valence-corrected chi connectivity index (χ1v) is 13.6. The Bertz CT molecular complexity index is 1130. The van der Waals surface area contributed by atoms with E-state index >= 15 is 0 Å². The highest BCUT2D eigenvalue weighted by atomic mass is 35.5. The number of carboxylic acid groups (broad SMARTS) is 1. The maximum Gasteiger partial charge on any atom is 0.422 e. The Balaban J connectivity index is 2.14. The second-order valence-corrected chi connectivity index (χ2v) is 10.5. The molecule has 0 unspecified atom stereocenters. The number of rotatable bonds is 16. The van der Waals surface area contributed by atoms with Crippen molar-refractivity contribution in [1.29, 1.82) is 0 Å². The third kappa shape index (κ3) is 10.5. The SMILES string of the molecule is COCCOc1ccc(CCCN(C(=O)O)S(=O)(=O)NCCOC(C)C)c(Oc2ncc(Cl)cc2Cl)c1. The van der Waals surface area contributed by atoms with Crippen molar-refractivity contribution in [3.63, 3.8) is 0 Å². The second kappa shape index (κ2) is 15.2. The van der Waals surface area contributed by atoms with E-state index < -0.39 is 16.3 Å². The van der Waals surface area contributed by atoms with Gasteiger partial charge in [-0.05, 0) is 44.4 Å². The summed E-state index contributed by atoms with van der Waals surface area (Å²) in [6, 6.07) is 6.58. The third-order valence-electron chi connectivity index (χ3n) is 4.72. The number of amides is 1. The molecule has 14 heteroatoms. The summed E-state index contributed by atoms with van der Waals surface area (Å²) in [5.41, 5.74) is 0.660. The molecule has 1 aromatic heterocycles. The topological polar surface area (TPSA) is 137 Å². The lowest BCUT2D eigenvalue weighted by Gasteiger charge is -2.20. The third-order valence-corrected chi connectivity index (χ3v) is 6.69. The minimum atomic E-state index is -4.26. The van der Waals surface area contributed by atoms with Gasteiger partial charge in [-0.25, -0.2) is 9.78 Å². The van der Waals surface area contributed by atoms with Gasteiger partial charge >= 0.3 is 16.3 Å². The highest BCUT2D eigenvalue weighted by molar-refractivity contribution is 7.87. The zero-order valence-electron chi connectivity index (χ0n) is 20.8. The van der Waals surface area contributed by atoms with Gasteiger partial charge in [0.1, 0.15) is 23.1 Å². The molecule has 0 aliphatic heterocycles. The molecule has 0 spiro atoms. The van der Waals surface area contributed by atoms with Gasteiger partial charge in [0.2, 0.25) is 5.88 Å². The predicted octanol–water partition coefficient (Wildman–Crippen LogP) is 4.38. The molecule has 206 valence electrons. The summed E-state index contributed by atoms with van der Waals surface area (Å²) in [5.74, 6) is 0.979. The number of hydrogen-bond donors (Lipinski definition) is 2. The monoisotopic (exact) mass is 579 g/mol. The second-order valence-electron chi connectivity index (χ2n) is 7.93. The fraction of sp³-hybridized carbons (Fsp3) is 0.478. The van der Waals surface area contributed by atoms with E-state index in [0.29, 0.717) is 39.6 Å². The molecular weight excluding hydrogens is 549 g/mol. The fourth-order valence-corrected chi connectivity index (χ4v) is 4.52. The van der Waals surface area contributed by atoms with E-state index in [4.69, 9.17) is 42.1 Å². The highest BCUT2D eigenvalue weighted by Gasteiger charge is 2.26. The van der Waals surface area contributed by atoms with Crippen molar-refractivity contribution in [1.82, 2.24) is 14.0 Å². The number of aromatic nitrogens is 1. The first-order valence-electron chi connectivity index (χ1n) is 11.4. The fourth-order valence-electron chi connectivity index (χ4n) is 3.03. The number of nitrogens with zero attached hydrogens (tertiary/aromatic N) is 2. The van der Waals surface area contributed by atoms with Crippen LogP contribution in [0.1, 0.15) is 25.8 Å². The van der Waals surface area contributed by atoms with Crippen molar-refractivity contribution >= 4 is 39.5 Å². The van der Waals surface area contributed by atoms with Gasteiger partial charge in [0.05, 0.1) is 24.3 Å². The Kier molecular flexibility index (Phi) is 12.6. The molecule has 0 fully saturated rings. The molecule has 0 atom stereocenters. The molecule has 2 aromatic rings. The quantitative estimate of drug-likeness (QED) is 0.277. The molecule has 0 saturated heterocycles. The van der Waals surface area contributed by atoms with E-state index in [9.17, 15) is 18.3 Å². The van der Waals surface area contributed by atoms with Gasteiger partial charge < -0.3 is 24.1 Å². The minimum Gasteiger partial charge on any atom is -0.491 e. The zero-order chi connectivity index (χ0) is 27.4. The van der Waals surface area contributed by atoms with Crippen LogP contribution in [0.2, 0.25) is 10.0 Å². The van der Waals surface area contributed by atoms with Crippen molar-refractivity contribution in [3.8, 4) is 17.4 Å². The van der Waals surface area contributed by atoms with Crippen LogP contribution >= 0.6 is 23.2 Å². The van der Waals surface area contributed by atoms with Crippen molar-refractivity contribution in [2.24, 2.45) is 0 Å². The lowest BCUT2D eigenvalue weighted by Crippen LogP contribution is -2.45. The number of ether oxygens (including phenoxy) is 4. The summed E-state index contributed by atoms with van der Waals surface area (Å²) < 4.78 is 49.4. The number of hydrogen-bond acceptors (Lipinski definition) is 8. The number of methoxy groups -OCH3 is 1. The van der Waals surface area contributed by atoms with Crippen LogP contribution in [0.3, 0.4) is 0 Å². The number of halogens is 2. The van der Waals surface area contributed by atoms with Crippen LogP contribution in [-0.2, 0) is 26.1 Å². The van der Waals surface area contributed by atoms with E-state index in [0.717, 1.165) is 0 Å². The van der Waals surface area contributed by atoms with Crippen LogP contribution in [0.15, 0.2) is 30.5 Å². The summed E-state index contributed by atoms with van der Waals surface area (Å²) in [4.78, 5) is 15.8. The maximum absolute atomic E-state index is 12.5.